The molecule has 0 bridgehead atoms. The molecule has 0 saturated carbocycles. The van der Waals surface area contributed by atoms with Crippen molar-refractivity contribution in [1.82, 2.24) is 0 Å². The van der Waals surface area contributed by atoms with Crippen LogP contribution >= 0.6 is 23.2 Å². The lowest BCUT2D eigenvalue weighted by Gasteiger charge is -2.37. The summed E-state index contributed by atoms with van der Waals surface area (Å²) in [6, 6.07) is 4.16. The third-order valence-corrected chi connectivity index (χ3v) is 4.89. The maximum atomic E-state index is 6.29. The van der Waals surface area contributed by atoms with E-state index in [0.717, 1.165) is 53.8 Å². The molecule has 0 amide bonds. The van der Waals surface area contributed by atoms with Gasteiger partial charge in [0.2, 0.25) is 0 Å². The van der Waals surface area contributed by atoms with Crippen LogP contribution in [0.2, 0.25) is 10.0 Å². The molecule has 110 valence electrons. The van der Waals surface area contributed by atoms with Gasteiger partial charge in [0.1, 0.15) is 0 Å². The van der Waals surface area contributed by atoms with Crippen LogP contribution in [0.4, 0.5) is 5.69 Å². The molecule has 3 nitrogen and oxygen atoms in total. The fourth-order valence-corrected chi connectivity index (χ4v) is 3.43. The van der Waals surface area contributed by atoms with Crippen LogP contribution in [-0.2, 0) is 9.47 Å². The molecule has 0 aromatic heterocycles. The predicted molar refractivity (Wildman–Crippen MR) is 82.0 cm³/mol. The number of benzene rings is 1. The van der Waals surface area contributed by atoms with E-state index in [1.54, 1.807) is 0 Å². The molecule has 1 aromatic rings. The van der Waals surface area contributed by atoms with Gasteiger partial charge in [0.15, 0.2) is 0 Å². The summed E-state index contributed by atoms with van der Waals surface area (Å²) in [7, 11) is 0. The third kappa shape index (κ3) is 2.91. The highest BCUT2D eigenvalue weighted by atomic mass is 35.5. The quantitative estimate of drug-likeness (QED) is 0.893. The van der Waals surface area contributed by atoms with Crippen LogP contribution in [0.3, 0.4) is 0 Å². The van der Waals surface area contributed by atoms with Gasteiger partial charge in [-0.1, -0.05) is 23.2 Å². The fraction of sp³-hybridized carbons (Fsp3) is 0.600. The summed E-state index contributed by atoms with van der Waals surface area (Å²) in [6.45, 7) is 4.22. The maximum Gasteiger partial charge on any atom is 0.0956 e. The largest absolute Gasteiger partial charge is 0.381 e. The second-order valence-corrected chi connectivity index (χ2v) is 6.56. The number of rotatable bonds is 2. The van der Waals surface area contributed by atoms with Crippen molar-refractivity contribution in [3.8, 4) is 0 Å². The first-order chi connectivity index (χ1) is 9.58. The SMILES string of the molecule is Cc1cc(Cl)c(NC2CCOC3(CCOC3)C2)cc1Cl. The summed E-state index contributed by atoms with van der Waals surface area (Å²) >= 11 is 12.5. The number of hydrogen-bond acceptors (Lipinski definition) is 3. The molecule has 3 rings (SSSR count). The van der Waals surface area contributed by atoms with Crippen molar-refractivity contribution in [2.45, 2.75) is 37.8 Å². The average Bonchev–Trinajstić information content (AvgIpc) is 2.84. The molecule has 2 aliphatic rings. The predicted octanol–water partition coefficient (Wildman–Crippen LogP) is 4.05. The lowest BCUT2D eigenvalue weighted by Crippen LogP contribution is -2.44. The van der Waals surface area contributed by atoms with E-state index in [4.69, 9.17) is 32.7 Å². The average molecular weight is 316 g/mol. The van der Waals surface area contributed by atoms with Crippen LogP contribution in [0.15, 0.2) is 12.1 Å². The van der Waals surface area contributed by atoms with Crippen LogP contribution in [0.25, 0.3) is 0 Å². The Bertz CT molecular complexity index is 501. The second kappa shape index (κ2) is 5.72. The van der Waals surface area contributed by atoms with Gasteiger partial charge in [-0.3, -0.25) is 0 Å². The molecule has 20 heavy (non-hydrogen) atoms. The lowest BCUT2D eigenvalue weighted by atomic mass is 9.89. The standard InChI is InChI=1S/C15H19Cl2NO2/c1-10-6-13(17)14(7-12(10)16)18-11-2-4-20-15(8-11)3-5-19-9-15/h6-7,11,18H,2-5,8-9H2,1H3. The minimum atomic E-state index is -0.100. The van der Waals surface area contributed by atoms with Gasteiger partial charge in [-0.15, -0.1) is 0 Å². The molecule has 0 aliphatic carbocycles. The number of nitrogens with one attached hydrogen (secondary N) is 1. The zero-order valence-electron chi connectivity index (χ0n) is 11.5. The third-order valence-electron chi connectivity index (χ3n) is 4.17. The monoisotopic (exact) mass is 315 g/mol. The van der Waals surface area contributed by atoms with Crippen molar-refractivity contribution in [3.05, 3.63) is 27.7 Å². The highest BCUT2D eigenvalue weighted by Gasteiger charge is 2.41. The molecule has 1 spiro atoms. The molecule has 2 aliphatic heterocycles. The molecule has 2 fully saturated rings. The van der Waals surface area contributed by atoms with E-state index >= 15 is 0 Å². The van der Waals surface area contributed by atoms with Gasteiger partial charge in [-0.2, -0.15) is 0 Å². The van der Waals surface area contributed by atoms with Crippen molar-refractivity contribution in [2.75, 3.05) is 25.1 Å². The Kier molecular flexibility index (Phi) is 4.14. The topological polar surface area (TPSA) is 30.5 Å². The molecule has 2 heterocycles. The van der Waals surface area contributed by atoms with Crippen LogP contribution < -0.4 is 5.32 Å². The van der Waals surface area contributed by atoms with Gasteiger partial charge >= 0.3 is 0 Å². The molecule has 2 unspecified atom stereocenters. The molecular weight excluding hydrogens is 297 g/mol. The number of hydrogen-bond donors (Lipinski definition) is 1. The van der Waals surface area contributed by atoms with Crippen molar-refractivity contribution < 1.29 is 9.47 Å². The van der Waals surface area contributed by atoms with E-state index in [-0.39, 0.29) is 5.60 Å². The Balaban J connectivity index is 1.73. The number of halogens is 2. The smallest absolute Gasteiger partial charge is 0.0956 e. The summed E-state index contributed by atoms with van der Waals surface area (Å²) in [6.07, 6.45) is 2.91. The Morgan fingerprint density at radius 1 is 1.25 bits per heavy atom. The highest BCUT2D eigenvalue weighted by Crippen LogP contribution is 2.36. The first-order valence-electron chi connectivity index (χ1n) is 7.02. The van der Waals surface area contributed by atoms with Crippen molar-refractivity contribution >= 4 is 28.9 Å². The minimum absolute atomic E-state index is 0.100. The molecule has 2 saturated heterocycles. The highest BCUT2D eigenvalue weighted by molar-refractivity contribution is 6.35. The van der Waals surface area contributed by atoms with Gasteiger partial charge in [0.05, 0.1) is 22.9 Å². The van der Waals surface area contributed by atoms with Crippen molar-refractivity contribution in [1.29, 1.82) is 0 Å². The zero-order valence-corrected chi connectivity index (χ0v) is 13.1. The second-order valence-electron chi connectivity index (χ2n) is 5.75. The Labute approximate surface area is 129 Å². The first kappa shape index (κ1) is 14.5. The summed E-state index contributed by atoms with van der Waals surface area (Å²) in [5.41, 5.74) is 1.80. The maximum absolute atomic E-state index is 6.29. The molecule has 1 N–H and O–H groups in total. The Morgan fingerprint density at radius 2 is 2.10 bits per heavy atom. The van der Waals surface area contributed by atoms with Crippen LogP contribution in [0.5, 0.6) is 0 Å². The summed E-state index contributed by atoms with van der Waals surface area (Å²) in [4.78, 5) is 0. The van der Waals surface area contributed by atoms with Gasteiger partial charge in [0, 0.05) is 30.7 Å². The number of aryl methyl sites for hydroxylation is 1. The van der Waals surface area contributed by atoms with Gasteiger partial charge in [-0.25, -0.2) is 0 Å². The molecule has 2 atom stereocenters. The number of anilines is 1. The first-order valence-corrected chi connectivity index (χ1v) is 7.77. The van der Waals surface area contributed by atoms with E-state index in [2.05, 4.69) is 5.32 Å². The fourth-order valence-electron chi connectivity index (χ4n) is 2.99. The van der Waals surface area contributed by atoms with Crippen molar-refractivity contribution in [3.63, 3.8) is 0 Å². The summed E-state index contributed by atoms with van der Waals surface area (Å²) in [5, 5.41) is 4.97. The van der Waals surface area contributed by atoms with E-state index in [1.807, 2.05) is 19.1 Å². The van der Waals surface area contributed by atoms with Crippen LogP contribution in [-0.4, -0.2) is 31.5 Å². The molecule has 0 radical (unpaired) electrons. The van der Waals surface area contributed by atoms with E-state index in [0.29, 0.717) is 12.6 Å². The Hall–Kier alpha value is -0.480. The van der Waals surface area contributed by atoms with Crippen LogP contribution in [0, 0.1) is 6.92 Å². The van der Waals surface area contributed by atoms with E-state index in [1.165, 1.54) is 0 Å². The summed E-state index contributed by atoms with van der Waals surface area (Å²) < 4.78 is 11.4. The van der Waals surface area contributed by atoms with Gasteiger partial charge in [0.25, 0.3) is 0 Å². The molecular formula is C15H19Cl2NO2. The van der Waals surface area contributed by atoms with Gasteiger partial charge in [-0.05, 0) is 37.5 Å². The molecule has 1 aromatic carbocycles. The molecule has 5 heteroatoms. The van der Waals surface area contributed by atoms with E-state index < -0.39 is 0 Å². The zero-order chi connectivity index (χ0) is 14.2. The normalized spacial score (nSPS) is 29.9. The lowest BCUT2D eigenvalue weighted by molar-refractivity contribution is -0.0828. The Morgan fingerprint density at radius 3 is 2.85 bits per heavy atom. The van der Waals surface area contributed by atoms with E-state index in [9.17, 15) is 0 Å². The van der Waals surface area contributed by atoms with Crippen LogP contribution in [0.1, 0.15) is 24.8 Å². The minimum Gasteiger partial charge on any atom is -0.381 e. The summed E-state index contributed by atoms with van der Waals surface area (Å²) in [5.74, 6) is 0. The number of ether oxygens (including phenoxy) is 2. The van der Waals surface area contributed by atoms with Gasteiger partial charge < -0.3 is 14.8 Å². The van der Waals surface area contributed by atoms with Crippen molar-refractivity contribution in [2.24, 2.45) is 0 Å².